The predicted octanol–water partition coefficient (Wildman–Crippen LogP) is 2.54. The van der Waals surface area contributed by atoms with Crippen molar-refractivity contribution < 1.29 is 9.18 Å². The summed E-state index contributed by atoms with van der Waals surface area (Å²) in [7, 11) is 0. The van der Waals surface area contributed by atoms with Gasteiger partial charge >= 0.3 is 0 Å². The summed E-state index contributed by atoms with van der Waals surface area (Å²) in [5, 5.41) is 6.65. The Morgan fingerprint density at radius 2 is 2.20 bits per heavy atom. The van der Waals surface area contributed by atoms with Crippen LogP contribution in [0.1, 0.15) is 48.0 Å². The third-order valence-corrected chi connectivity index (χ3v) is 4.58. The highest BCUT2D eigenvalue weighted by atomic mass is 19.1. The minimum absolute atomic E-state index is 0.158. The van der Waals surface area contributed by atoms with Gasteiger partial charge in [-0.1, -0.05) is 0 Å². The van der Waals surface area contributed by atoms with Crippen LogP contribution in [0, 0.1) is 12.7 Å². The van der Waals surface area contributed by atoms with Gasteiger partial charge in [-0.2, -0.15) is 0 Å². The number of carbonyl (C=O) groups is 1. The van der Waals surface area contributed by atoms with Crippen LogP contribution in [0.25, 0.3) is 0 Å². The molecule has 2 fully saturated rings. The molecule has 4 heteroatoms. The first kappa shape index (κ1) is 13.6. The number of amides is 1. The number of benzene rings is 1. The standard InChI is InChI=1S/C16H21FN2O/c1-11-7-12(9-13(17)8-11)15(20)19-14-3-6-18-16(10-14)4-2-5-16/h7-9,14,18H,2-6,10H2,1H3,(H,19,20). The molecule has 3 rings (SSSR count). The van der Waals surface area contributed by atoms with Gasteiger partial charge in [-0.15, -0.1) is 0 Å². The number of aryl methyl sites for hydroxylation is 1. The van der Waals surface area contributed by atoms with Crippen molar-refractivity contribution in [2.45, 2.75) is 50.6 Å². The van der Waals surface area contributed by atoms with Crippen LogP contribution in [0.3, 0.4) is 0 Å². The zero-order valence-electron chi connectivity index (χ0n) is 11.8. The topological polar surface area (TPSA) is 41.1 Å². The van der Waals surface area contributed by atoms with Gasteiger partial charge in [0.25, 0.3) is 5.91 Å². The van der Waals surface area contributed by atoms with E-state index in [1.807, 2.05) is 0 Å². The van der Waals surface area contributed by atoms with E-state index in [-0.39, 0.29) is 23.3 Å². The number of carbonyl (C=O) groups excluding carboxylic acids is 1. The van der Waals surface area contributed by atoms with Gasteiger partial charge in [0.05, 0.1) is 0 Å². The summed E-state index contributed by atoms with van der Waals surface area (Å²) in [4.78, 5) is 12.2. The van der Waals surface area contributed by atoms with Crippen molar-refractivity contribution in [2.75, 3.05) is 6.54 Å². The van der Waals surface area contributed by atoms with Crippen molar-refractivity contribution in [2.24, 2.45) is 0 Å². The van der Waals surface area contributed by atoms with E-state index in [4.69, 9.17) is 0 Å². The molecule has 3 nitrogen and oxygen atoms in total. The number of hydrogen-bond acceptors (Lipinski definition) is 2. The summed E-state index contributed by atoms with van der Waals surface area (Å²) < 4.78 is 13.4. The maximum Gasteiger partial charge on any atom is 0.251 e. The lowest BCUT2D eigenvalue weighted by Crippen LogP contribution is -2.59. The van der Waals surface area contributed by atoms with E-state index in [2.05, 4.69) is 10.6 Å². The van der Waals surface area contributed by atoms with Gasteiger partial charge in [0, 0.05) is 17.1 Å². The fourth-order valence-corrected chi connectivity index (χ4v) is 3.40. The fourth-order valence-electron chi connectivity index (χ4n) is 3.40. The van der Waals surface area contributed by atoms with Crippen LogP contribution in [-0.2, 0) is 0 Å². The minimum atomic E-state index is -0.351. The summed E-state index contributed by atoms with van der Waals surface area (Å²) in [5.41, 5.74) is 1.45. The first-order valence-corrected chi connectivity index (χ1v) is 7.39. The Balaban J connectivity index is 1.66. The van der Waals surface area contributed by atoms with Crippen molar-refractivity contribution in [3.63, 3.8) is 0 Å². The average Bonchev–Trinajstić information content (AvgIpc) is 2.36. The maximum atomic E-state index is 13.4. The quantitative estimate of drug-likeness (QED) is 0.871. The van der Waals surface area contributed by atoms with Crippen LogP contribution >= 0.6 is 0 Å². The number of halogens is 1. The molecule has 1 saturated heterocycles. The molecule has 2 N–H and O–H groups in total. The lowest BCUT2D eigenvalue weighted by Gasteiger charge is -2.48. The average molecular weight is 276 g/mol. The molecule has 0 bridgehead atoms. The highest BCUT2D eigenvalue weighted by Crippen LogP contribution is 2.38. The molecular weight excluding hydrogens is 255 g/mol. The Hall–Kier alpha value is -1.42. The number of nitrogens with one attached hydrogen (secondary N) is 2. The minimum Gasteiger partial charge on any atom is -0.349 e. The zero-order valence-corrected chi connectivity index (χ0v) is 11.8. The summed E-state index contributed by atoms with van der Waals surface area (Å²) in [6.07, 6.45) is 5.63. The van der Waals surface area contributed by atoms with Crippen LogP contribution in [0.5, 0.6) is 0 Å². The van der Waals surface area contributed by atoms with Crippen LogP contribution in [0.2, 0.25) is 0 Å². The molecule has 0 aromatic heterocycles. The largest absolute Gasteiger partial charge is 0.349 e. The van der Waals surface area contributed by atoms with E-state index >= 15 is 0 Å². The molecule has 108 valence electrons. The van der Waals surface area contributed by atoms with E-state index in [9.17, 15) is 9.18 Å². The summed E-state index contributed by atoms with van der Waals surface area (Å²) in [6.45, 7) is 2.75. The highest BCUT2D eigenvalue weighted by Gasteiger charge is 2.41. The molecule has 1 saturated carbocycles. The van der Waals surface area contributed by atoms with Crippen LogP contribution in [0.15, 0.2) is 18.2 Å². The summed E-state index contributed by atoms with van der Waals surface area (Å²) in [5.74, 6) is -0.509. The van der Waals surface area contributed by atoms with E-state index in [1.54, 1.807) is 13.0 Å². The number of hydrogen-bond donors (Lipinski definition) is 2. The Morgan fingerprint density at radius 3 is 2.85 bits per heavy atom. The molecule has 20 heavy (non-hydrogen) atoms. The van der Waals surface area contributed by atoms with Gasteiger partial charge in [-0.05, 0) is 69.3 Å². The molecule has 1 heterocycles. The van der Waals surface area contributed by atoms with E-state index in [1.165, 1.54) is 31.4 Å². The third kappa shape index (κ3) is 2.70. The molecule has 1 aliphatic heterocycles. The molecule has 1 spiro atoms. The van der Waals surface area contributed by atoms with Gasteiger partial charge in [-0.3, -0.25) is 4.79 Å². The van der Waals surface area contributed by atoms with E-state index in [0.717, 1.165) is 24.9 Å². The highest BCUT2D eigenvalue weighted by molar-refractivity contribution is 5.94. The smallest absolute Gasteiger partial charge is 0.251 e. The van der Waals surface area contributed by atoms with Gasteiger partial charge < -0.3 is 10.6 Å². The molecule has 1 amide bonds. The second-order valence-corrected chi connectivity index (χ2v) is 6.24. The number of piperidine rings is 1. The summed E-state index contributed by atoms with van der Waals surface area (Å²) >= 11 is 0. The first-order chi connectivity index (χ1) is 9.56. The second kappa shape index (κ2) is 5.17. The molecule has 1 atom stereocenters. The van der Waals surface area contributed by atoms with Crippen molar-refractivity contribution >= 4 is 5.91 Å². The monoisotopic (exact) mass is 276 g/mol. The Bertz CT molecular complexity index is 505. The lowest BCUT2D eigenvalue weighted by molar-refractivity contribution is 0.0852. The first-order valence-electron chi connectivity index (χ1n) is 7.39. The van der Waals surface area contributed by atoms with Crippen molar-refractivity contribution in [1.29, 1.82) is 0 Å². The normalized spacial score (nSPS) is 24.2. The van der Waals surface area contributed by atoms with Crippen LogP contribution < -0.4 is 10.6 Å². The molecular formula is C16H21FN2O. The molecule has 0 radical (unpaired) electrons. The SMILES string of the molecule is Cc1cc(F)cc(C(=O)NC2CCNC3(CCC3)C2)c1. The van der Waals surface area contributed by atoms with Crippen LogP contribution in [0.4, 0.5) is 4.39 Å². The summed E-state index contributed by atoms with van der Waals surface area (Å²) in [6, 6.07) is 4.68. The zero-order chi connectivity index (χ0) is 14.2. The van der Waals surface area contributed by atoms with E-state index in [0.29, 0.717) is 5.56 Å². The van der Waals surface area contributed by atoms with Gasteiger partial charge in [0.2, 0.25) is 0 Å². The van der Waals surface area contributed by atoms with Crippen molar-refractivity contribution in [1.82, 2.24) is 10.6 Å². The van der Waals surface area contributed by atoms with Gasteiger partial charge in [0.1, 0.15) is 5.82 Å². The Labute approximate surface area is 118 Å². The Morgan fingerprint density at radius 1 is 1.40 bits per heavy atom. The van der Waals surface area contributed by atoms with Gasteiger partial charge in [0.15, 0.2) is 0 Å². The fraction of sp³-hybridized carbons (Fsp3) is 0.562. The molecule has 1 aromatic carbocycles. The third-order valence-electron chi connectivity index (χ3n) is 4.58. The molecule has 1 aromatic rings. The number of rotatable bonds is 2. The molecule has 1 aliphatic carbocycles. The van der Waals surface area contributed by atoms with Crippen molar-refractivity contribution in [3.8, 4) is 0 Å². The van der Waals surface area contributed by atoms with Crippen LogP contribution in [-0.4, -0.2) is 24.0 Å². The maximum absolute atomic E-state index is 13.4. The van der Waals surface area contributed by atoms with Crippen molar-refractivity contribution in [3.05, 3.63) is 35.1 Å². The lowest BCUT2D eigenvalue weighted by atomic mass is 9.70. The Kier molecular flexibility index (Phi) is 3.50. The molecule has 2 aliphatic rings. The predicted molar refractivity (Wildman–Crippen MR) is 76.2 cm³/mol. The van der Waals surface area contributed by atoms with Gasteiger partial charge in [-0.25, -0.2) is 4.39 Å². The van der Waals surface area contributed by atoms with E-state index < -0.39 is 0 Å². The second-order valence-electron chi connectivity index (χ2n) is 6.24. The molecule has 1 unspecified atom stereocenters.